The first-order valence-electron chi connectivity index (χ1n) is 8.96. The molecule has 0 radical (unpaired) electrons. The summed E-state index contributed by atoms with van der Waals surface area (Å²) in [5, 5.41) is 3.37. The predicted octanol–water partition coefficient (Wildman–Crippen LogP) is 2.65. The summed E-state index contributed by atoms with van der Waals surface area (Å²) in [5.74, 6) is 1.13. The van der Waals surface area contributed by atoms with Crippen LogP contribution in [0.15, 0.2) is 23.2 Å². The van der Waals surface area contributed by atoms with Crippen LogP contribution in [0.1, 0.15) is 17.5 Å². The summed E-state index contributed by atoms with van der Waals surface area (Å²) < 4.78 is 29.4. The summed E-state index contributed by atoms with van der Waals surface area (Å²) >= 11 is 0. The lowest BCUT2D eigenvalue weighted by atomic mass is 10.1. The number of hydrogen-bond acceptors (Lipinski definition) is 4. The number of aliphatic imine (C=N–C) groups is 1. The van der Waals surface area contributed by atoms with Gasteiger partial charge >= 0.3 is 0 Å². The molecule has 1 aliphatic rings. The average molecular weight is 495 g/mol. The molecular formula is C19H31FIN3O3. The highest BCUT2D eigenvalue weighted by Crippen LogP contribution is 2.17. The van der Waals surface area contributed by atoms with E-state index in [9.17, 15) is 4.39 Å². The maximum absolute atomic E-state index is 13.7. The van der Waals surface area contributed by atoms with Crippen LogP contribution in [0.3, 0.4) is 0 Å². The van der Waals surface area contributed by atoms with E-state index >= 15 is 0 Å². The number of halogens is 2. The number of hydrogen-bond donors (Lipinski definition) is 1. The van der Waals surface area contributed by atoms with Crippen molar-refractivity contribution in [2.45, 2.75) is 19.6 Å². The van der Waals surface area contributed by atoms with Gasteiger partial charge < -0.3 is 24.4 Å². The lowest BCUT2D eigenvalue weighted by Gasteiger charge is -2.22. The fourth-order valence-electron chi connectivity index (χ4n) is 3.07. The maximum Gasteiger partial charge on any atom is 0.193 e. The van der Waals surface area contributed by atoms with Crippen molar-refractivity contribution in [3.05, 3.63) is 35.1 Å². The Bertz CT molecular complexity index is 589. The molecule has 1 aromatic carbocycles. The van der Waals surface area contributed by atoms with E-state index < -0.39 is 0 Å². The molecule has 1 unspecified atom stereocenters. The van der Waals surface area contributed by atoms with Crippen molar-refractivity contribution in [3.8, 4) is 0 Å². The Morgan fingerprint density at radius 2 is 2.11 bits per heavy atom. The Kier molecular flexibility index (Phi) is 11.8. The van der Waals surface area contributed by atoms with Gasteiger partial charge in [0.2, 0.25) is 0 Å². The fourth-order valence-corrected chi connectivity index (χ4v) is 3.07. The topological polar surface area (TPSA) is 55.3 Å². The normalized spacial score (nSPS) is 17.1. The standard InChI is InChI=1S/C19H30FN3O3.HI/c1-21-19(23-7-6-16(12-23)13-26-9-8-24-2)22-11-15-4-5-18(20)17(10-15)14-25-3;/h4-5,10,16H,6-9,11-14H2,1-3H3,(H,21,22);1H. The molecule has 6 nitrogen and oxygen atoms in total. The second-order valence-corrected chi connectivity index (χ2v) is 6.43. The molecule has 1 atom stereocenters. The molecule has 154 valence electrons. The molecule has 1 aromatic rings. The van der Waals surface area contributed by atoms with Crippen molar-refractivity contribution in [1.82, 2.24) is 10.2 Å². The number of rotatable bonds is 9. The van der Waals surface area contributed by atoms with Gasteiger partial charge in [0.1, 0.15) is 5.82 Å². The highest BCUT2D eigenvalue weighted by atomic mass is 127. The molecule has 1 saturated heterocycles. The molecule has 1 fully saturated rings. The minimum absolute atomic E-state index is 0. The Morgan fingerprint density at radius 3 is 2.81 bits per heavy atom. The third-order valence-corrected chi connectivity index (χ3v) is 4.44. The van der Waals surface area contributed by atoms with Gasteiger partial charge in [0.05, 0.1) is 26.4 Å². The number of methoxy groups -OCH3 is 2. The lowest BCUT2D eigenvalue weighted by Crippen LogP contribution is -2.39. The Labute approximate surface area is 178 Å². The van der Waals surface area contributed by atoms with Crippen LogP contribution in [-0.4, -0.2) is 65.0 Å². The van der Waals surface area contributed by atoms with E-state index in [2.05, 4.69) is 15.2 Å². The van der Waals surface area contributed by atoms with E-state index in [1.165, 1.54) is 6.07 Å². The van der Waals surface area contributed by atoms with Gasteiger partial charge in [-0.2, -0.15) is 0 Å². The Balaban J connectivity index is 0.00000364. The van der Waals surface area contributed by atoms with Gasteiger partial charge in [-0.3, -0.25) is 4.99 Å². The first kappa shape index (κ1) is 24.1. The SMILES string of the molecule is CN=C(NCc1ccc(F)c(COC)c1)N1CCC(COCCOC)C1.I. The van der Waals surface area contributed by atoms with E-state index in [1.807, 2.05) is 6.07 Å². The van der Waals surface area contributed by atoms with E-state index in [-0.39, 0.29) is 36.4 Å². The highest BCUT2D eigenvalue weighted by molar-refractivity contribution is 14.0. The monoisotopic (exact) mass is 495 g/mol. The summed E-state index contributed by atoms with van der Waals surface area (Å²) in [5.41, 5.74) is 1.56. The second-order valence-electron chi connectivity index (χ2n) is 6.43. The number of nitrogens with one attached hydrogen (secondary N) is 1. The van der Waals surface area contributed by atoms with E-state index in [4.69, 9.17) is 14.2 Å². The molecule has 0 spiro atoms. The number of ether oxygens (including phenoxy) is 3. The van der Waals surface area contributed by atoms with Crippen molar-refractivity contribution in [3.63, 3.8) is 0 Å². The Morgan fingerprint density at radius 1 is 1.30 bits per heavy atom. The number of nitrogens with zero attached hydrogens (tertiary/aromatic N) is 2. The summed E-state index contributed by atoms with van der Waals surface area (Å²) in [6.45, 7) is 4.74. The smallest absolute Gasteiger partial charge is 0.193 e. The van der Waals surface area contributed by atoms with Crippen LogP contribution >= 0.6 is 24.0 Å². The van der Waals surface area contributed by atoms with Crippen LogP contribution in [0.5, 0.6) is 0 Å². The molecule has 0 bridgehead atoms. The first-order chi connectivity index (χ1) is 12.7. The third kappa shape index (κ3) is 7.89. The van der Waals surface area contributed by atoms with Gasteiger partial charge in [-0.05, 0) is 24.1 Å². The zero-order chi connectivity index (χ0) is 18.8. The van der Waals surface area contributed by atoms with Crippen LogP contribution in [0.4, 0.5) is 4.39 Å². The van der Waals surface area contributed by atoms with Gasteiger partial charge in [0.25, 0.3) is 0 Å². The van der Waals surface area contributed by atoms with Crippen molar-refractivity contribution < 1.29 is 18.6 Å². The Hall–Kier alpha value is -0.970. The van der Waals surface area contributed by atoms with Crippen LogP contribution in [0.25, 0.3) is 0 Å². The summed E-state index contributed by atoms with van der Waals surface area (Å²) in [6.07, 6.45) is 1.09. The van der Waals surface area contributed by atoms with Crippen molar-refractivity contribution in [1.29, 1.82) is 0 Å². The second kappa shape index (κ2) is 13.2. The lowest BCUT2D eigenvalue weighted by molar-refractivity contribution is 0.0536. The molecule has 0 aliphatic carbocycles. The van der Waals surface area contributed by atoms with E-state index in [0.29, 0.717) is 31.2 Å². The average Bonchev–Trinajstić information content (AvgIpc) is 3.11. The van der Waals surface area contributed by atoms with Gasteiger partial charge in [-0.25, -0.2) is 4.39 Å². The highest BCUT2D eigenvalue weighted by Gasteiger charge is 2.24. The van der Waals surface area contributed by atoms with Crippen molar-refractivity contribution in [2.75, 3.05) is 54.2 Å². The molecule has 1 aliphatic heterocycles. The number of likely N-dealkylation sites (tertiary alicyclic amines) is 1. The van der Waals surface area contributed by atoms with Gasteiger partial charge in [0.15, 0.2) is 5.96 Å². The molecule has 1 heterocycles. The molecule has 27 heavy (non-hydrogen) atoms. The molecule has 0 aromatic heterocycles. The first-order valence-corrected chi connectivity index (χ1v) is 8.96. The van der Waals surface area contributed by atoms with Gasteiger partial charge in [-0.15, -0.1) is 24.0 Å². The third-order valence-electron chi connectivity index (χ3n) is 4.44. The minimum atomic E-state index is -0.240. The van der Waals surface area contributed by atoms with Crippen molar-refractivity contribution in [2.24, 2.45) is 10.9 Å². The molecule has 2 rings (SSSR count). The van der Waals surface area contributed by atoms with Crippen LogP contribution in [0.2, 0.25) is 0 Å². The van der Waals surface area contributed by atoms with Crippen LogP contribution in [-0.2, 0) is 27.4 Å². The molecule has 8 heteroatoms. The summed E-state index contributed by atoms with van der Waals surface area (Å²) in [7, 11) is 5.02. The quantitative estimate of drug-likeness (QED) is 0.247. The van der Waals surface area contributed by atoms with E-state index in [0.717, 1.165) is 37.6 Å². The maximum atomic E-state index is 13.7. The number of guanidine groups is 1. The van der Waals surface area contributed by atoms with Crippen LogP contribution in [0, 0.1) is 11.7 Å². The van der Waals surface area contributed by atoms with Crippen molar-refractivity contribution >= 4 is 29.9 Å². The van der Waals surface area contributed by atoms with Gasteiger partial charge in [-0.1, -0.05) is 6.07 Å². The molecule has 0 saturated carbocycles. The molecule has 0 amide bonds. The summed E-state index contributed by atoms with van der Waals surface area (Å²) in [6, 6.07) is 5.10. The fraction of sp³-hybridized carbons (Fsp3) is 0.632. The van der Waals surface area contributed by atoms with Crippen LogP contribution < -0.4 is 5.32 Å². The van der Waals surface area contributed by atoms with Gasteiger partial charge in [0, 0.05) is 52.4 Å². The molecular weight excluding hydrogens is 464 g/mol. The van der Waals surface area contributed by atoms with E-state index in [1.54, 1.807) is 27.3 Å². The number of benzene rings is 1. The minimum Gasteiger partial charge on any atom is -0.382 e. The predicted molar refractivity (Wildman–Crippen MR) is 115 cm³/mol. The molecule has 1 N–H and O–H groups in total. The zero-order valence-corrected chi connectivity index (χ0v) is 18.7. The largest absolute Gasteiger partial charge is 0.382 e. The zero-order valence-electron chi connectivity index (χ0n) is 16.4. The summed E-state index contributed by atoms with van der Waals surface area (Å²) in [4.78, 5) is 6.62.